The van der Waals surface area contributed by atoms with Gasteiger partial charge in [-0.3, -0.25) is 4.72 Å². The highest BCUT2D eigenvalue weighted by atomic mass is 79.9. The van der Waals surface area contributed by atoms with Crippen molar-refractivity contribution >= 4 is 37.6 Å². The highest BCUT2D eigenvalue weighted by molar-refractivity contribution is 9.10. The third kappa shape index (κ3) is 4.50. The van der Waals surface area contributed by atoms with Crippen molar-refractivity contribution in [3.05, 3.63) is 40.1 Å². The maximum atomic E-state index is 13.3. The van der Waals surface area contributed by atoms with Crippen LogP contribution in [-0.4, -0.2) is 65.7 Å². The molecule has 31 heavy (non-hydrogen) atoms. The van der Waals surface area contributed by atoms with Gasteiger partial charge in [-0.1, -0.05) is 6.92 Å². The van der Waals surface area contributed by atoms with E-state index in [0.29, 0.717) is 0 Å². The first-order chi connectivity index (χ1) is 14.5. The number of sulfonamides is 1. The number of halogens is 2. The maximum absolute atomic E-state index is 13.3. The normalized spacial score (nSPS) is 30.9. The molecule has 1 aromatic carbocycles. The summed E-state index contributed by atoms with van der Waals surface area (Å²) in [5.74, 6) is -3.63. The Kier molecular flexibility index (Phi) is 6.80. The van der Waals surface area contributed by atoms with E-state index in [2.05, 4.69) is 20.7 Å². The minimum Gasteiger partial charge on any atom is -0.478 e. The molecule has 1 fully saturated rings. The van der Waals surface area contributed by atoms with Gasteiger partial charge in [0, 0.05) is 10.9 Å². The second-order valence-corrected chi connectivity index (χ2v) is 10.2. The van der Waals surface area contributed by atoms with E-state index in [-0.39, 0.29) is 29.4 Å². The van der Waals surface area contributed by atoms with Crippen LogP contribution in [0.1, 0.15) is 26.2 Å². The highest BCUT2D eigenvalue weighted by Crippen LogP contribution is 2.46. The van der Waals surface area contributed by atoms with Crippen LogP contribution in [0.2, 0.25) is 0 Å². The summed E-state index contributed by atoms with van der Waals surface area (Å²) in [5, 5.41) is 27.7. The predicted octanol–water partition coefficient (Wildman–Crippen LogP) is 1.75. The molecule has 4 atom stereocenters. The van der Waals surface area contributed by atoms with Gasteiger partial charge in [0.2, 0.25) is 10.0 Å². The van der Waals surface area contributed by atoms with Crippen molar-refractivity contribution in [1.29, 1.82) is 0 Å². The van der Waals surface area contributed by atoms with E-state index in [0.717, 1.165) is 18.2 Å². The Morgan fingerprint density at radius 2 is 2.10 bits per heavy atom. The second kappa shape index (κ2) is 8.75. The van der Waals surface area contributed by atoms with Crippen LogP contribution in [0.3, 0.4) is 0 Å². The van der Waals surface area contributed by atoms with Crippen molar-refractivity contribution in [1.82, 2.24) is 0 Å². The molecule has 1 heterocycles. The van der Waals surface area contributed by atoms with Crippen molar-refractivity contribution in [3.8, 4) is 0 Å². The number of hydrogen-bond donors (Lipinski definition) is 4. The molecule has 2 aliphatic rings. The summed E-state index contributed by atoms with van der Waals surface area (Å²) in [6, 6.07) is 3.37. The van der Waals surface area contributed by atoms with Crippen molar-refractivity contribution in [3.63, 3.8) is 0 Å². The Morgan fingerprint density at radius 1 is 1.39 bits per heavy atom. The molecule has 1 spiro atoms. The van der Waals surface area contributed by atoms with Crippen LogP contribution >= 0.6 is 15.9 Å². The smallest absolute Gasteiger partial charge is 0.332 e. The standard InChI is InChI=1S/C19H23BrFNO8S/c1-2-18(10-24)16(9-23)29-19(30-18)6-5-15(12(8-19)17(25)26)31(27,28)22-14-4-3-11(21)7-13(14)20/h3-4,7-8,15-16,22-24H,2,5-6,9-10H2,1H3,(H,25,26)/t15-,16-,18-,19?/m1/s1. The van der Waals surface area contributed by atoms with E-state index < -0.39 is 63.3 Å². The Balaban J connectivity index is 1.95. The topological polar surface area (TPSA) is 142 Å². The molecule has 1 aliphatic heterocycles. The average molecular weight is 524 g/mol. The van der Waals surface area contributed by atoms with Crippen LogP contribution < -0.4 is 4.72 Å². The Morgan fingerprint density at radius 3 is 2.61 bits per heavy atom. The van der Waals surface area contributed by atoms with Gasteiger partial charge in [0.05, 0.1) is 24.5 Å². The van der Waals surface area contributed by atoms with Gasteiger partial charge in [-0.05, 0) is 53.0 Å². The molecule has 1 aliphatic carbocycles. The quantitative estimate of drug-likeness (QED) is 0.423. The highest BCUT2D eigenvalue weighted by Gasteiger charge is 2.57. The molecule has 0 bridgehead atoms. The lowest BCUT2D eigenvalue weighted by molar-refractivity contribution is -0.171. The van der Waals surface area contributed by atoms with Crippen molar-refractivity contribution in [2.24, 2.45) is 0 Å². The first kappa shape index (κ1) is 24.1. The van der Waals surface area contributed by atoms with E-state index in [1.165, 1.54) is 6.07 Å². The number of ether oxygens (including phenoxy) is 2. The number of carbonyl (C=O) groups is 1. The third-order valence-electron chi connectivity index (χ3n) is 5.62. The first-order valence-corrected chi connectivity index (χ1v) is 11.9. The maximum Gasteiger partial charge on any atom is 0.332 e. The monoisotopic (exact) mass is 523 g/mol. The Hall–Kier alpha value is -1.57. The van der Waals surface area contributed by atoms with E-state index in [9.17, 15) is 32.9 Å². The number of aliphatic hydroxyl groups is 2. The molecule has 1 aromatic rings. The zero-order chi connectivity index (χ0) is 23.0. The van der Waals surface area contributed by atoms with E-state index in [1.807, 2.05) is 0 Å². The van der Waals surface area contributed by atoms with Gasteiger partial charge in [0.1, 0.15) is 22.8 Å². The minimum absolute atomic E-state index is 0.0157. The number of aliphatic hydroxyl groups excluding tert-OH is 2. The number of anilines is 1. The number of carboxylic acids is 1. The number of rotatable bonds is 7. The van der Waals surface area contributed by atoms with Gasteiger partial charge < -0.3 is 24.8 Å². The van der Waals surface area contributed by atoms with Gasteiger partial charge >= 0.3 is 5.97 Å². The Labute approximate surface area is 187 Å². The molecule has 1 unspecified atom stereocenters. The second-order valence-electron chi connectivity index (χ2n) is 7.48. The number of hydrogen-bond acceptors (Lipinski definition) is 7. The predicted molar refractivity (Wildman–Crippen MR) is 111 cm³/mol. The summed E-state index contributed by atoms with van der Waals surface area (Å²) in [5.41, 5.74) is -1.64. The molecule has 0 radical (unpaired) electrons. The van der Waals surface area contributed by atoms with Gasteiger partial charge in [0.25, 0.3) is 0 Å². The van der Waals surface area contributed by atoms with E-state index in [4.69, 9.17) is 9.47 Å². The summed E-state index contributed by atoms with van der Waals surface area (Å²) in [7, 11) is -4.23. The fourth-order valence-electron chi connectivity index (χ4n) is 3.91. The SMILES string of the molecule is CC[C@]1(CO)OC2(C=C(C(=O)O)[C@H](S(=O)(=O)Nc3ccc(F)cc3Br)CC2)O[C@@H]1CO. The van der Waals surface area contributed by atoms with E-state index in [1.54, 1.807) is 6.92 Å². The molecule has 0 saturated carbocycles. The fraction of sp³-hybridized carbons (Fsp3) is 0.526. The molecule has 4 N–H and O–H groups in total. The molecule has 0 aromatic heterocycles. The lowest BCUT2D eigenvalue weighted by atomic mass is 9.93. The largest absolute Gasteiger partial charge is 0.478 e. The first-order valence-electron chi connectivity index (χ1n) is 9.54. The molecule has 3 rings (SSSR count). The molecule has 1 saturated heterocycles. The fourth-order valence-corrected chi connectivity index (χ4v) is 6.05. The van der Waals surface area contributed by atoms with Crippen LogP contribution in [0, 0.1) is 5.82 Å². The van der Waals surface area contributed by atoms with E-state index >= 15 is 0 Å². The lowest BCUT2D eigenvalue weighted by Gasteiger charge is -2.34. The molecule has 0 amide bonds. The summed E-state index contributed by atoms with van der Waals surface area (Å²) in [4.78, 5) is 11.9. The summed E-state index contributed by atoms with van der Waals surface area (Å²) in [6.45, 7) is 0.798. The zero-order valence-corrected chi connectivity index (χ0v) is 18.9. The zero-order valence-electron chi connectivity index (χ0n) is 16.5. The summed E-state index contributed by atoms with van der Waals surface area (Å²) >= 11 is 3.07. The number of aliphatic carboxylic acids is 1. The van der Waals surface area contributed by atoms with Crippen LogP contribution in [0.25, 0.3) is 0 Å². The van der Waals surface area contributed by atoms with Crippen LogP contribution in [-0.2, 0) is 24.3 Å². The number of benzene rings is 1. The molecular weight excluding hydrogens is 501 g/mol. The van der Waals surface area contributed by atoms with Crippen LogP contribution in [0.4, 0.5) is 10.1 Å². The average Bonchev–Trinajstić information content (AvgIpc) is 3.03. The molecule has 9 nitrogen and oxygen atoms in total. The van der Waals surface area contributed by atoms with Crippen molar-refractivity contribution < 1.29 is 42.4 Å². The van der Waals surface area contributed by atoms with Crippen molar-refractivity contribution in [2.45, 2.75) is 48.9 Å². The molecular formula is C19H23BrFNO8S. The Bertz CT molecular complexity index is 997. The number of nitrogens with one attached hydrogen (secondary N) is 1. The lowest BCUT2D eigenvalue weighted by Crippen LogP contribution is -2.46. The number of carboxylic acid groups (broad SMARTS) is 1. The van der Waals surface area contributed by atoms with Gasteiger partial charge in [-0.2, -0.15) is 0 Å². The summed E-state index contributed by atoms with van der Waals surface area (Å²) < 4.78 is 53.4. The molecule has 172 valence electrons. The van der Waals surface area contributed by atoms with Crippen LogP contribution in [0.5, 0.6) is 0 Å². The van der Waals surface area contributed by atoms with Crippen molar-refractivity contribution in [2.75, 3.05) is 17.9 Å². The van der Waals surface area contributed by atoms with Gasteiger partial charge in [0.15, 0.2) is 5.79 Å². The minimum atomic E-state index is -4.23. The molecule has 12 heteroatoms. The van der Waals surface area contributed by atoms with Gasteiger partial charge in [-0.25, -0.2) is 17.6 Å². The summed E-state index contributed by atoms with van der Waals surface area (Å²) in [6.07, 6.45) is 0.302. The van der Waals surface area contributed by atoms with Crippen LogP contribution in [0.15, 0.2) is 34.3 Å². The van der Waals surface area contributed by atoms with Gasteiger partial charge in [-0.15, -0.1) is 0 Å². The third-order valence-corrected chi connectivity index (χ3v) is 8.02.